The SMILES string of the molecule is Cn1c(COP(N)(=O)NCCBr)cnc1[N+](=O)[O-]. The Morgan fingerprint density at radius 1 is 1.78 bits per heavy atom. The minimum Gasteiger partial charge on any atom is -0.390 e. The number of hydrogen-bond donors (Lipinski definition) is 2. The molecule has 3 N–H and O–H groups in total. The number of alkyl halides is 1. The molecule has 0 radical (unpaired) electrons. The predicted octanol–water partition coefficient (Wildman–Crippen LogP) is 0.896. The monoisotopic (exact) mass is 341 g/mol. The van der Waals surface area contributed by atoms with E-state index >= 15 is 0 Å². The van der Waals surface area contributed by atoms with E-state index in [1.165, 1.54) is 17.8 Å². The van der Waals surface area contributed by atoms with Crippen LogP contribution < -0.4 is 10.6 Å². The molecule has 0 aliphatic rings. The Balaban J connectivity index is 2.64. The number of nitrogens with two attached hydrogens (primary N) is 1. The highest BCUT2D eigenvalue weighted by atomic mass is 79.9. The van der Waals surface area contributed by atoms with Crippen LogP contribution in [-0.2, 0) is 22.7 Å². The quantitative estimate of drug-likeness (QED) is 0.326. The van der Waals surface area contributed by atoms with Gasteiger partial charge in [0.05, 0.1) is 7.05 Å². The second kappa shape index (κ2) is 6.39. The smallest absolute Gasteiger partial charge is 0.390 e. The van der Waals surface area contributed by atoms with Gasteiger partial charge in [-0.15, -0.1) is 0 Å². The van der Waals surface area contributed by atoms with Gasteiger partial charge >= 0.3 is 13.6 Å². The zero-order valence-corrected chi connectivity index (χ0v) is 12.1. The van der Waals surface area contributed by atoms with Gasteiger partial charge < -0.3 is 10.1 Å². The molecule has 1 aromatic heterocycles. The summed E-state index contributed by atoms with van der Waals surface area (Å²) in [6, 6.07) is 0. The van der Waals surface area contributed by atoms with Crippen LogP contribution in [0.4, 0.5) is 5.95 Å². The van der Waals surface area contributed by atoms with E-state index in [1.807, 2.05) is 0 Å². The molecule has 0 saturated heterocycles. The van der Waals surface area contributed by atoms with Crippen LogP contribution in [0.15, 0.2) is 6.20 Å². The Bertz CT molecular complexity index is 478. The van der Waals surface area contributed by atoms with E-state index in [-0.39, 0.29) is 12.6 Å². The lowest BCUT2D eigenvalue weighted by atomic mass is 10.5. The zero-order valence-electron chi connectivity index (χ0n) is 9.58. The summed E-state index contributed by atoms with van der Waals surface area (Å²) in [5.74, 6) is -0.311. The summed E-state index contributed by atoms with van der Waals surface area (Å²) in [5.41, 5.74) is 5.82. The molecule has 1 rings (SSSR count). The van der Waals surface area contributed by atoms with Crippen LogP contribution in [-0.4, -0.2) is 26.3 Å². The normalized spacial score (nSPS) is 14.4. The average Bonchev–Trinajstić information content (AvgIpc) is 2.66. The molecule has 0 spiro atoms. The molecule has 0 fully saturated rings. The lowest BCUT2D eigenvalue weighted by molar-refractivity contribution is -0.396. The Morgan fingerprint density at radius 2 is 2.44 bits per heavy atom. The Labute approximate surface area is 112 Å². The molecule has 11 heteroatoms. The first-order valence-electron chi connectivity index (χ1n) is 4.86. The lowest BCUT2D eigenvalue weighted by Gasteiger charge is -2.13. The maximum absolute atomic E-state index is 11.7. The van der Waals surface area contributed by atoms with E-state index in [9.17, 15) is 14.7 Å². The molecule has 1 heterocycles. The molecule has 0 aliphatic carbocycles. The molecule has 1 atom stereocenters. The van der Waals surface area contributed by atoms with Gasteiger partial charge in [-0.1, -0.05) is 20.9 Å². The summed E-state index contributed by atoms with van der Waals surface area (Å²) in [7, 11) is -1.93. The number of hydrogen-bond acceptors (Lipinski definition) is 5. The van der Waals surface area contributed by atoms with Gasteiger partial charge in [0.1, 0.15) is 18.5 Å². The van der Waals surface area contributed by atoms with Crippen molar-refractivity contribution in [2.75, 3.05) is 11.9 Å². The van der Waals surface area contributed by atoms with Gasteiger partial charge in [-0.3, -0.25) is 9.09 Å². The number of nitrogens with one attached hydrogen (secondary N) is 1. The maximum atomic E-state index is 11.7. The van der Waals surface area contributed by atoms with Gasteiger partial charge in [0.25, 0.3) is 0 Å². The van der Waals surface area contributed by atoms with E-state index in [4.69, 9.17) is 10.0 Å². The van der Waals surface area contributed by atoms with Crippen LogP contribution in [0.1, 0.15) is 5.69 Å². The fourth-order valence-corrected chi connectivity index (χ4v) is 2.49. The Hall–Kier alpha value is -0.800. The van der Waals surface area contributed by atoms with E-state index in [2.05, 4.69) is 26.0 Å². The molecule has 0 saturated carbocycles. The van der Waals surface area contributed by atoms with Gasteiger partial charge in [-0.25, -0.2) is 15.2 Å². The van der Waals surface area contributed by atoms with Crippen LogP contribution in [0.2, 0.25) is 0 Å². The van der Waals surface area contributed by atoms with Crippen molar-refractivity contribution in [3.8, 4) is 0 Å². The maximum Gasteiger partial charge on any atom is 0.434 e. The summed E-state index contributed by atoms with van der Waals surface area (Å²) in [4.78, 5) is 13.5. The molecule has 0 bridgehead atoms. The van der Waals surface area contributed by atoms with Crippen molar-refractivity contribution in [1.29, 1.82) is 0 Å². The number of aromatic nitrogens is 2. The van der Waals surface area contributed by atoms with Gasteiger partial charge in [0, 0.05) is 11.9 Å². The van der Waals surface area contributed by atoms with Crippen molar-refractivity contribution < 1.29 is 14.0 Å². The molecular weight excluding hydrogens is 329 g/mol. The molecule has 1 unspecified atom stereocenters. The van der Waals surface area contributed by atoms with Crippen LogP contribution in [0.25, 0.3) is 0 Å². The van der Waals surface area contributed by atoms with Crippen LogP contribution in [0, 0.1) is 10.1 Å². The second-order valence-electron chi connectivity index (χ2n) is 3.33. The summed E-state index contributed by atoms with van der Waals surface area (Å²) in [6.45, 7) is 0.264. The number of halogens is 1. The van der Waals surface area contributed by atoms with E-state index in [0.717, 1.165) is 0 Å². The standard InChI is InChI=1S/C7H13BrN5O4P/c1-12-6(4-10-7(12)13(14)15)5-17-18(9,16)11-3-2-8/h4H,2-3,5H2,1H3,(H3,9,11,16). The lowest BCUT2D eigenvalue weighted by Crippen LogP contribution is -2.20. The molecule has 18 heavy (non-hydrogen) atoms. The third-order valence-corrected chi connectivity index (χ3v) is 3.63. The van der Waals surface area contributed by atoms with E-state index in [0.29, 0.717) is 17.6 Å². The molecule has 0 amide bonds. The topological polar surface area (TPSA) is 125 Å². The zero-order chi connectivity index (χ0) is 13.8. The summed E-state index contributed by atoms with van der Waals surface area (Å²) < 4.78 is 17.9. The number of nitro groups is 1. The van der Waals surface area contributed by atoms with Crippen molar-refractivity contribution in [3.05, 3.63) is 22.0 Å². The van der Waals surface area contributed by atoms with Crippen LogP contribution >= 0.6 is 23.6 Å². The summed E-state index contributed by atoms with van der Waals surface area (Å²) >= 11 is 3.15. The van der Waals surface area contributed by atoms with Crippen molar-refractivity contribution in [3.63, 3.8) is 0 Å². The van der Waals surface area contributed by atoms with Crippen molar-refractivity contribution >= 4 is 29.5 Å². The minimum atomic E-state index is -3.40. The highest BCUT2D eigenvalue weighted by Gasteiger charge is 2.21. The first-order valence-corrected chi connectivity index (χ1v) is 7.68. The Kier molecular flexibility index (Phi) is 5.42. The fourth-order valence-electron chi connectivity index (χ4n) is 1.14. The highest BCUT2D eigenvalue weighted by molar-refractivity contribution is 9.09. The minimum absolute atomic E-state index is 0.125. The summed E-state index contributed by atoms with van der Waals surface area (Å²) in [6.07, 6.45) is 1.28. The third-order valence-electron chi connectivity index (χ3n) is 2.05. The summed E-state index contributed by atoms with van der Waals surface area (Å²) in [5, 5.41) is 13.7. The number of rotatable bonds is 7. The molecule has 1 aromatic rings. The van der Waals surface area contributed by atoms with E-state index in [1.54, 1.807) is 0 Å². The Morgan fingerprint density at radius 3 is 2.94 bits per heavy atom. The van der Waals surface area contributed by atoms with Crippen LogP contribution in [0.3, 0.4) is 0 Å². The first-order chi connectivity index (χ1) is 8.37. The third kappa shape index (κ3) is 4.14. The molecule has 102 valence electrons. The molecule has 9 nitrogen and oxygen atoms in total. The average molecular weight is 342 g/mol. The van der Waals surface area contributed by atoms with Crippen molar-refractivity contribution in [2.24, 2.45) is 12.6 Å². The highest BCUT2D eigenvalue weighted by Crippen LogP contribution is 2.33. The molecular formula is C7H13BrN5O4P. The largest absolute Gasteiger partial charge is 0.434 e. The molecule has 0 aliphatic heterocycles. The van der Waals surface area contributed by atoms with Gasteiger partial charge in [0.2, 0.25) is 0 Å². The van der Waals surface area contributed by atoms with Crippen LogP contribution in [0.5, 0.6) is 0 Å². The first kappa shape index (κ1) is 15.3. The van der Waals surface area contributed by atoms with E-state index < -0.39 is 12.6 Å². The predicted molar refractivity (Wildman–Crippen MR) is 68.2 cm³/mol. The molecule has 0 aromatic carbocycles. The van der Waals surface area contributed by atoms with Gasteiger partial charge in [-0.2, -0.15) is 0 Å². The second-order valence-corrected chi connectivity index (χ2v) is 5.89. The fraction of sp³-hybridized carbons (Fsp3) is 0.571. The number of imidazole rings is 1. The van der Waals surface area contributed by atoms with Crippen molar-refractivity contribution in [2.45, 2.75) is 6.61 Å². The van der Waals surface area contributed by atoms with Gasteiger partial charge in [-0.05, 0) is 4.92 Å². The van der Waals surface area contributed by atoms with Crippen molar-refractivity contribution in [1.82, 2.24) is 14.6 Å². The number of nitrogens with zero attached hydrogens (tertiary/aromatic N) is 3. The van der Waals surface area contributed by atoms with Gasteiger partial charge in [0.15, 0.2) is 0 Å².